The summed E-state index contributed by atoms with van der Waals surface area (Å²) in [5.41, 5.74) is 0. The fraction of sp³-hybridized carbons (Fsp3) is 0.476. The maximum absolute atomic E-state index is 12.8. The van der Waals surface area contributed by atoms with Gasteiger partial charge in [0, 0.05) is 19.3 Å². The van der Waals surface area contributed by atoms with Crippen LogP contribution in [0.4, 0.5) is 0 Å². The molecule has 0 radical (unpaired) electrons. The minimum atomic E-state index is -0.860. The Balaban J connectivity index is 4.71. The van der Waals surface area contributed by atoms with Crippen LogP contribution in [0, 0.1) is 0 Å². The first-order valence-corrected chi connectivity index (χ1v) is 26.4. The number of ether oxygens (including phenoxy) is 3. The van der Waals surface area contributed by atoms with Crippen molar-refractivity contribution in [2.75, 3.05) is 13.2 Å². The Kier molecular flexibility index (Phi) is 50.7. The molecule has 6 heteroatoms. The molecule has 0 N–H and O–H groups in total. The summed E-state index contributed by atoms with van der Waals surface area (Å²) in [5.74, 6) is -1.12. The first kappa shape index (κ1) is 63.5. The molecule has 0 saturated carbocycles. The van der Waals surface area contributed by atoms with Crippen molar-refractivity contribution in [1.82, 2.24) is 0 Å². The fourth-order valence-electron chi connectivity index (χ4n) is 6.15. The average Bonchev–Trinajstić information content (AvgIpc) is 3.35. The number of esters is 3. The van der Waals surface area contributed by atoms with E-state index in [1.165, 1.54) is 25.7 Å². The highest BCUT2D eigenvalue weighted by atomic mass is 16.6. The van der Waals surface area contributed by atoms with Crippen LogP contribution in [0.5, 0.6) is 0 Å². The van der Waals surface area contributed by atoms with Crippen molar-refractivity contribution in [3.05, 3.63) is 182 Å². The molecule has 0 aliphatic heterocycles. The van der Waals surface area contributed by atoms with Crippen molar-refractivity contribution in [2.24, 2.45) is 0 Å². The van der Waals surface area contributed by atoms with Crippen LogP contribution in [-0.4, -0.2) is 37.2 Å². The van der Waals surface area contributed by atoms with E-state index in [0.717, 1.165) is 89.9 Å². The summed E-state index contributed by atoms with van der Waals surface area (Å²) >= 11 is 0. The minimum absolute atomic E-state index is 0.152. The van der Waals surface area contributed by atoms with Crippen LogP contribution >= 0.6 is 0 Å². The first-order chi connectivity index (χ1) is 34.0. The molecule has 0 spiro atoms. The van der Waals surface area contributed by atoms with E-state index < -0.39 is 12.1 Å². The number of unbranched alkanes of at least 4 members (excludes halogenated alkanes) is 8. The molecule has 0 saturated heterocycles. The number of hydrogen-bond donors (Lipinski definition) is 0. The Morgan fingerprint density at radius 1 is 0.319 bits per heavy atom. The zero-order valence-electron chi connectivity index (χ0n) is 43.2. The molecule has 0 rings (SSSR count). The lowest BCUT2D eigenvalue weighted by Crippen LogP contribution is -2.30. The third-order valence-corrected chi connectivity index (χ3v) is 10.0. The van der Waals surface area contributed by atoms with E-state index in [1.807, 2.05) is 60.8 Å². The zero-order chi connectivity index (χ0) is 50.0. The Morgan fingerprint density at radius 3 is 1.09 bits per heavy atom. The van der Waals surface area contributed by atoms with Crippen molar-refractivity contribution >= 4 is 17.9 Å². The highest BCUT2D eigenvalue weighted by Gasteiger charge is 2.19. The number of carbonyl (C=O) groups excluding carboxylic acids is 3. The lowest BCUT2D eigenvalue weighted by molar-refractivity contribution is -0.167. The van der Waals surface area contributed by atoms with Gasteiger partial charge in [-0.1, -0.05) is 222 Å². The van der Waals surface area contributed by atoms with Gasteiger partial charge in [-0.3, -0.25) is 14.4 Å². The lowest BCUT2D eigenvalue weighted by Gasteiger charge is -2.18. The molecule has 1 unspecified atom stereocenters. The van der Waals surface area contributed by atoms with Gasteiger partial charge in [0.2, 0.25) is 0 Å². The average molecular weight is 945 g/mol. The maximum Gasteiger partial charge on any atom is 0.306 e. The minimum Gasteiger partial charge on any atom is -0.462 e. The van der Waals surface area contributed by atoms with Gasteiger partial charge in [-0.2, -0.15) is 0 Å². The molecule has 0 bridgehead atoms. The van der Waals surface area contributed by atoms with E-state index in [0.29, 0.717) is 19.3 Å². The second-order valence-corrected chi connectivity index (χ2v) is 16.5. The second kappa shape index (κ2) is 55.1. The Labute approximate surface area is 421 Å². The Morgan fingerprint density at radius 2 is 0.652 bits per heavy atom. The second-order valence-electron chi connectivity index (χ2n) is 16.5. The molecule has 0 fully saturated rings. The monoisotopic (exact) mass is 945 g/mol. The summed E-state index contributed by atoms with van der Waals surface area (Å²) in [6.07, 6.45) is 83.1. The molecular weight excluding hydrogens is 853 g/mol. The van der Waals surface area contributed by atoms with Gasteiger partial charge in [0.25, 0.3) is 0 Å². The van der Waals surface area contributed by atoms with Crippen molar-refractivity contribution < 1.29 is 28.6 Å². The highest BCUT2D eigenvalue weighted by molar-refractivity contribution is 5.71. The fourth-order valence-corrected chi connectivity index (χ4v) is 6.15. The molecule has 0 aromatic carbocycles. The quantitative estimate of drug-likeness (QED) is 0.0199. The van der Waals surface area contributed by atoms with Crippen LogP contribution in [0.3, 0.4) is 0 Å². The van der Waals surface area contributed by atoms with Gasteiger partial charge in [-0.05, 0) is 116 Å². The first-order valence-electron chi connectivity index (χ1n) is 26.4. The molecular formula is C63H92O6. The topological polar surface area (TPSA) is 78.9 Å². The van der Waals surface area contributed by atoms with Crippen molar-refractivity contribution in [2.45, 2.75) is 181 Å². The number of carbonyl (C=O) groups is 3. The maximum atomic E-state index is 12.8. The van der Waals surface area contributed by atoms with Gasteiger partial charge in [0.15, 0.2) is 6.10 Å². The Bertz CT molecular complexity index is 1700. The van der Waals surface area contributed by atoms with Crippen LogP contribution in [-0.2, 0) is 28.6 Å². The van der Waals surface area contributed by atoms with E-state index >= 15 is 0 Å². The highest BCUT2D eigenvalue weighted by Crippen LogP contribution is 2.09. The third-order valence-electron chi connectivity index (χ3n) is 10.0. The molecule has 6 nitrogen and oxygen atoms in total. The summed E-state index contributed by atoms with van der Waals surface area (Å²) in [6, 6.07) is 0. The van der Waals surface area contributed by atoms with Crippen LogP contribution in [0.25, 0.3) is 0 Å². The van der Waals surface area contributed by atoms with Gasteiger partial charge >= 0.3 is 17.9 Å². The van der Waals surface area contributed by atoms with E-state index in [2.05, 4.69) is 142 Å². The standard InChI is InChI=1S/C63H92O6/c1-4-7-10-13-16-19-22-25-28-31-34-37-40-43-46-49-52-55-61(64)67-58-60(69-63(66)57-54-51-48-45-42-39-36-33-30-27-24-21-18-15-12-9-6-3)59-68-62(65)56-53-50-47-44-41-38-35-32-29-26-23-20-17-14-11-8-5-2/h7,9-10,12-13,16-22,25-31,34-40,44-45,47-48,60H,4-6,8,11,14-15,23-24,32-33,41-43,46,49-59H2,1-3H3/b10-7-,12-9-,16-13-,20-17-,21-18-,22-19-,28-25-,29-26-,30-27-,34-31+,38-35-,39-36-,40-37-,47-44-,48-45-. The molecule has 0 heterocycles. The predicted molar refractivity (Wildman–Crippen MR) is 297 cm³/mol. The van der Waals surface area contributed by atoms with E-state index in [4.69, 9.17) is 14.2 Å². The summed E-state index contributed by atoms with van der Waals surface area (Å²) in [4.78, 5) is 38.0. The number of hydrogen-bond acceptors (Lipinski definition) is 6. The van der Waals surface area contributed by atoms with E-state index in [9.17, 15) is 14.4 Å². The van der Waals surface area contributed by atoms with Gasteiger partial charge in [0.1, 0.15) is 13.2 Å². The van der Waals surface area contributed by atoms with Gasteiger partial charge in [-0.15, -0.1) is 0 Å². The molecule has 380 valence electrons. The van der Waals surface area contributed by atoms with Crippen molar-refractivity contribution in [1.29, 1.82) is 0 Å². The largest absolute Gasteiger partial charge is 0.462 e. The van der Waals surface area contributed by atoms with E-state index in [-0.39, 0.29) is 44.4 Å². The molecule has 1 atom stereocenters. The normalized spacial score (nSPS) is 13.6. The number of allylic oxidation sites excluding steroid dienone is 30. The SMILES string of the molecule is CC\C=C/C=C\C=C/C=C\C=C\C=C/CCCCCC(=O)OCC(COC(=O)CCC/C=C\C/C=C\C/C=C\C/C=C\CCCCC)OC(=O)CCC/C=C\C/C=C\C/C=C\C/C=C\C/C=C\CC. The third kappa shape index (κ3) is 53.3. The number of rotatable bonds is 44. The van der Waals surface area contributed by atoms with Crippen LogP contribution in [0.15, 0.2) is 182 Å². The molecule has 69 heavy (non-hydrogen) atoms. The molecule has 0 aliphatic carbocycles. The van der Waals surface area contributed by atoms with Crippen LogP contribution in [0.1, 0.15) is 175 Å². The van der Waals surface area contributed by atoms with E-state index in [1.54, 1.807) is 0 Å². The molecule has 0 amide bonds. The zero-order valence-corrected chi connectivity index (χ0v) is 43.2. The summed E-state index contributed by atoms with van der Waals surface area (Å²) in [7, 11) is 0. The lowest BCUT2D eigenvalue weighted by atomic mass is 10.1. The Hall–Kier alpha value is -5.49. The predicted octanol–water partition coefficient (Wildman–Crippen LogP) is 17.7. The van der Waals surface area contributed by atoms with Gasteiger partial charge in [0.05, 0.1) is 0 Å². The smallest absolute Gasteiger partial charge is 0.306 e. The summed E-state index contributed by atoms with van der Waals surface area (Å²) < 4.78 is 16.7. The summed E-state index contributed by atoms with van der Waals surface area (Å²) in [6.45, 7) is 6.18. The van der Waals surface area contributed by atoms with Crippen molar-refractivity contribution in [3.8, 4) is 0 Å². The molecule has 0 aliphatic rings. The van der Waals surface area contributed by atoms with Crippen molar-refractivity contribution in [3.63, 3.8) is 0 Å². The summed E-state index contributed by atoms with van der Waals surface area (Å²) in [5, 5.41) is 0. The van der Waals surface area contributed by atoms with Crippen LogP contribution in [0.2, 0.25) is 0 Å². The molecule has 0 aromatic rings. The molecule has 0 aromatic heterocycles. The van der Waals surface area contributed by atoms with Gasteiger partial charge in [-0.25, -0.2) is 0 Å². The van der Waals surface area contributed by atoms with Crippen LogP contribution < -0.4 is 0 Å². The van der Waals surface area contributed by atoms with Gasteiger partial charge < -0.3 is 14.2 Å².